The average Bonchev–Trinajstić information content (AvgIpc) is 2.82. The van der Waals surface area contributed by atoms with Crippen molar-refractivity contribution in [3.8, 4) is 0 Å². The number of nitrogens with zero attached hydrogens (tertiary/aromatic N) is 2. The fourth-order valence-electron chi connectivity index (χ4n) is 1.90. The molecule has 0 fully saturated rings. The van der Waals surface area contributed by atoms with Crippen LogP contribution in [0.25, 0.3) is 0 Å². The number of ether oxygens (including phenoxy) is 2. The highest BCUT2D eigenvalue weighted by Gasteiger charge is 2.25. The van der Waals surface area contributed by atoms with Crippen molar-refractivity contribution in [1.82, 2.24) is 15.5 Å². The van der Waals surface area contributed by atoms with Crippen molar-refractivity contribution in [3.63, 3.8) is 0 Å². The first-order chi connectivity index (χ1) is 9.47. The zero-order valence-corrected chi connectivity index (χ0v) is 13.2. The van der Waals surface area contributed by atoms with Gasteiger partial charge in [-0.15, -0.1) is 0 Å². The van der Waals surface area contributed by atoms with Gasteiger partial charge in [-0.3, -0.25) is 0 Å². The van der Waals surface area contributed by atoms with Gasteiger partial charge in [-0.2, -0.15) is 4.98 Å². The van der Waals surface area contributed by atoms with Gasteiger partial charge in [0.05, 0.1) is 19.8 Å². The van der Waals surface area contributed by atoms with Crippen molar-refractivity contribution in [1.29, 1.82) is 0 Å². The third-order valence-corrected chi connectivity index (χ3v) is 3.18. The third-order valence-electron chi connectivity index (χ3n) is 3.18. The normalized spacial score (nSPS) is 13.7. The number of methoxy groups -OCH3 is 1. The molecule has 0 aromatic carbocycles. The van der Waals surface area contributed by atoms with Crippen LogP contribution in [0.1, 0.15) is 32.5 Å². The third kappa shape index (κ3) is 5.98. The summed E-state index contributed by atoms with van der Waals surface area (Å²) in [5.41, 5.74) is 0.145. The van der Waals surface area contributed by atoms with Crippen LogP contribution in [0.2, 0.25) is 0 Å². The first kappa shape index (κ1) is 17.1. The summed E-state index contributed by atoms with van der Waals surface area (Å²) in [6.45, 7) is 8.34. The minimum atomic E-state index is 0.145. The van der Waals surface area contributed by atoms with Gasteiger partial charge in [-0.25, -0.2) is 0 Å². The molecule has 0 amide bonds. The molecule has 0 saturated carbocycles. The summed E-state index contributed by atoms with van der Waals surface area (Å²) < 4.78 is 15.6. The smallest absolute Gasteiger partial charge is 0.228 e. The van der Waals surface area contributed by atoms with Gasteiger partial charge in [-0.05, 0) is 12.5 Å². The molecule has 0 radical (unpaired) electrons. The summed E-state index contributed by atoms with van der Waals surface area (Å²) in [5, 5.41) is 7.28. The van der Waals surface area contributed by atoms with Crippen molar-refractivity contribution in [2.45, 2.75) is 39.7 Å². The molecule has 0 spiro atoms. The number of rotatable bonds is 9. The van der Waals surface area contributed by atoms with E-state index in [0.29, 0.717) is 44.0 Å². The van der Waals surface area contributed by atoms with Crippen LogP contribution in [0.3, 0.4) is 0 Å². The number of hydrogen-bond donors (Lipinski definition) is 1. The lowest BCUT2D eigenvalue weighted by Gasteiger charge is -2.29. The van der Waals surface area contributed by atoms with Gasteiger partial charge in [0.1, 0.15) is 0 Å². The van der Waals surface area contributed by atoms with Crippen LogP contribution in [-0.4, -0.2) is 50.2 Å². The SMILES string of the molecule is CNC(Cc1nc(CCOCCOC)no1)C(C)(C)C. The van der Waals surface area contributed by atoms with Gasteiger partial charge in [0.15, 0.2) is 5.82 Å². The molecular weight excluding hydrogens is 258 g/mol. The van der Waals surface area contributed by atoms with E-state index < -0.39 is 0 Å². The topological polar surface area (TPSA) is 69.4 Å². The Hall–Kier alpha value is -0.980. The average molecular weight is 285 g/mol. The van der Waals surface area contributed by atoms with Gasteiger partial charge >= 0.3 is 0 Å². The summed E-state index contributed by atoms with van der Waals surface area (Å²) in [6.07, 6.45) is 1.39. The largest absolute Gasteiger partial charge is 0.382 e. The molecule has 0 saturated heterocycles. The van der Waals surface area contributed by atoms with Crippen LogP contribution < -0.4 is 5.32 Å². The van der Waals surface area contributed by atoms with Crippen molar-refractivity contribution in [3.05, 3.63) is 11.7 Å². The lowest BCUT2D eigenvalue weighted by Crippen LogP contribution is -2.39. The molecule has 6 nitrogen and oxygen atoms in total. The first-order valence-corrected chi connectivity index (χ1v) is 7.02. The van der Waals surface area contributed by atoms with Crippen LogP contribution in [0.4, 0.5) is 0 Å². The Morgan fingerprint density at radius 2 is 2.00 bits per heavy atom. The summed E-state index contributed by atoms with van der Waals surface area (Å²) in [5.74, 6) is 1.37. The van der Waals surface area contributed by atoms with Gasteiger partial charge < -0.3 is 19.3 Å². The molecule has 1 N–H and O–H groups in total. The predicted octanol–water partition coefficient (Wildman–Crippen LogP) is 1.45. The quantitative estimate of drug-likeness (QED) is 0.693. The van der Waals surface area contributed by atoms with E-state index in [9.17, 15) is 0 Å². The van der Waals surface area contributed by atoms with E-state index in [0.717, 1.165) is 6.42 Å². The molecule has 1 rings (SSSR count). The number of likely N-dealkylation sites (N-methyl/N-ethyl adjacent to an activating group) is 1. The maximum atomic E-state index is 5.38. The van der Waals surface area contributed by atoms with Crippen LogP contribution in [0.5, 0.6) is 0 Å². The second-order valence-electron chi connectivity index (χ2n) is 5.87. The lowest BCUT2D eigenvalue weighted by atomic mass is 9.85. The summed E-state index contributed by atoms with van der Waals surface area (Å²) in [7, 11) is 3.61. The monoisotopic (exact) mass is 285 g/mol. The molecule has 116 valence electrons. The van der Waals surface area contributed by atoms with E-state index in [-0.39, 0.29) is 5.41 Å². The van der Waals surface area contributed by atoms with Gasteiger partial charge in [0, 0.05) is 26.0 Å². The van der Waals surface area contributed by atoms with Gasteiger partial charge in [-0.1, -0.05) is 25.9 Å². The molecule has 20 heavy (non-hydrogen) atoms. The fourth-order valence-corrected chi connectivity index (χ4v) is 1.90. The Bertz CT molecular complexity index is 374. The summed E-state index contributed by atoms with van der Waals surface area (Å²) in [6, 6.07) is 0.300. The van der Waals surface area contributed by atoms with E-state index >= 15 is 0 Å². The molecule has 1 unspecified atom stereocenters. The second-order valence-corrected chi connectivity index (χ2v) is 5.87. The summed E-state index contributed by atoms with van der Waals surface area (Å²) in [4.78, 5) is 4.40. The van der Waals surface area contributed by atoms with E-state index in [1.807, 2.05) is 7.05 Å². The molecule has 1 aromatic heterocycles. The molecule has 6 heteroatoms. The van der Waals surface area contributed by atoms with Gasteiger partial charge in [0.25, 0.3) is 0 Å². The van der Waals surface area contributed by atoms with Crippen LogP contribution in [-0.2, 0) is 22.3 Å². The Morgan fingerprint density at radius 3 is 2.60 bits per heavy atom. The standard InChI is InChI=1S/C14H27N3O3/c1-14(2,3)11(15-4)10-13-16-12(17-20-13)6-7-19-9-8-18-5/h11,15H,6-10H2,1-5H3. The Kier molecular flexibility index (Phi) is 7.12. The number of aromatic nitrogens is 2. The molecule has 0 bridgehead atoms. The van der Waals surface area contributed by atoms with Crippen LogP contribution >= 0.6 is 0 Å². The van der Waals surface area contributed by atoms with E-state index in [1.54, 1.807) is 7.11 Å². The highest BCUT2D eigenvalue weighted by Crippen LogP contribution is 2.21. The molecular formula is C14H27N3O3. The fraction of sp³-hybridized carbons (Fsp3) is 0.857. The molecule has 0 aliphatic rings. The van der Waals surface area contributed by atoms with E-state index in [4.69, 9.17) is 14.0 Å². The maximum absolute atomic E-state index is 5.38. The maximum Gasteiger partial charge on any atom is 0.228 e. The van der Waals surface area contributed by atoms with Crippen molar-refractivity contribution >= 4 is 0 Å². The first-order valence-electron chi connectivity index (χ1n) is 7.02. The number of nitrogens with one attached hydrogen (secondary N) is 1. The zero-order chi connectivity index (χ0) is 15.0. The van der Waals surface area contributed by atoms with Crippen LogP contribution in [0.15, 0.2) is 4.52 Å². The van der Waals surface area contributed by atoms with Crippen molar-refractivity contribution in [2.75, 3.05) is 34.0 Å². The van der Waals surface area contributed by atoms with Gasteiger partial charge in [0.2, 0.25) is 5.89 Å². The number of hydrogen-bond acceptors (Lipinski definition) is 6. The molecule has 1 atom stereocenters. The molecule has 0 aliphatic heterocycles. The Labute approximate surface area is 121 Å². The molecule has 1 aromatic rings. The van der Waals surface area contributed by atoms with E-state index in [1.165, 1.54) is 0 Å². The van der Waals surface area contributed by atoms with Crippen molar-refractivity contribution in [2.24, 2.45) is 5.41 Å². The summed E-state index contributed by atoms with van der Waals surface area (Å²) >= 11 is 0. The minimum absolute atomic E-state index is 0.145. The predicted molar refractivity (Wildman–Crippen MR) is 76.7 cm³/mol. The van der Waals surface area contributed by atoms with Crippen LogP contribution in [0, 0.1) is 5.41 Å². The second kappa shape index (κ2) is 8.34. The molecule has 0 aliphatic carbocycles. The Balaban J connectivity index is 2.39. The highest BCUT2D eigenvalue weighted by atomic mass is 16.5. The lowest BCUT2D eigenvalue weighted by molar-refractivity contribution is 0.0714. The van der Waals surface area contributed by atoms with Crippen molar-refractivity contribution < 1.29 is 14.0 Å². The molecule has 1 heterocycles. The minimum Gasteiger partial charge on any atom is -0.382 e. The Morgan fingerprint density at radius 1 is 1.25 bits per heavy atom. The highest BCUT2D eigenvalue weighted by molar-refractivity contribution is 4.93. The zero-order valence-electron chi connectivity index (χ0n) is 13.2. The van der Waals surface area contributed by atoms with E-state index in [2.05, 4.69) is 36.2 Å².